The molecular formula is C18H23N3O3. The van der Waals surface area contributed by atoms with Crippen LogP contribution in [0.4, 0.5) is 0 Å². The third-order valence-corrected chi connectivity index (χ3v) is 4.55. The molecule has 0 spiro atoms. The molecule has 0 amide bonds. The van der Waals surface area contributed by atoms with E-state index in [9.17, 15) is 4.79 Å². The summed E-state index contributed by atoms with van der Waals surface area (Å²) in [5.74, 6) is 0.622. The molecule has 6 heteroatoms. The Balaban J connectivity index is 1.52. The third-order valence-electron chi connectivity index (χ3n) is 4.55. The summed E-state index contributed by atoms with van der Waals surface area (Å²) in [5.41, 5.74) is 1.25. The number of piperazine rings is 1. The Morgan fingerprint density at radius 3 is 2.75 bits per heavy atom. The Kier molecular flexibility index (Phi) is 5.27. The van der Waals surface area contributed by atoms with Gasteiger partial charge in [0.05, 0.1) is 13.7 Å². The summed E-state index contributed by atoms with van der Waals surface area (Å²) >= 11 is 0. The van der Waals surface area contributed by atoms with E-state index in [-0.39, 0.29) is 5.76 Å². The molecule has 2 aromatic heterocycles. The summed E-state index contributed by atoms with van der Waals surface area (Å²) < 4.78 is 10.2. The zero-order valence-corrected chi connectivity index (χ0v) is 14.1. The highest BCUT2D eigenvalue weighted by atomic mass is 16.5. The first-order chi connectivity index (χ1) is 11.7. The predicted molar refractivity (Wildman–Crippen MR) is 89.5 cm³/mol. The molecule has 24 heavy (non-hydrogen) atoms. The highest BCUT2D eigenvalue weighted by Gasteiger charge is 2.23. The molecule has 3 heterocycles. The van der Waals surface area contributed by atoms with Crippen molar-refractivity contribution in [1.29, 1.82) is 0 Å². The first-order valence-electron chi connectivity index (χ1n) is 8.20. The van der Waals surface area contributed by atoms with Gasteiger partial charge in [0.2, 0.25) is 5.76 Å². The van der Waals surface area contributed by atoms with E-state index in [1.165, 1.54) is 12.7 Å². The van der Waals surface area contributed by atoms with Crippen molar-refractivity contribution in [2.45, 2.75) is 19.5 Å². The van der Waals surface area contributed by atoms with Gasteiger partial charge in [-0.1, -0.05) is 6.07 Å². The molecule has 2 aromatic rings. The molecule has 1 atom stereocenters. The van der Waals surface area contributed by atoms with Gasteiger partial charge in [0.25, 0.3) is 0 Å². The van der Waals surface area contributed by atoms with Crippen LogP contribution >= 0.6 is 0 Å². The largest absolute Gasteiger partial charge is 0.463 e. The molecule has 0 aromatic carbocycles. The van der Waals surface area contributed by atoms with Gasteiger partial charge in [-0.25, -0.2) is 4.79 Å². The molecule has 1 saturated heterocycles. The van der Waals surface area contributed by atoms with Crippen LogP contribution in [-0.4, -0.2) is 54.0 Å². The van der Waals surface area contributed by atoms with Crippen molar-refractivity contribution < 1.29 is 13.9 Å². The highest BCUT2D eigenvalue weighted by molar-refractivity contribution is 5.86. The normalized spacial score (nSPS) is 17.6. The maximum Gasteiger partial charge on any atom is 0.373 e. The van der Waals surface area contributed by atoms with Crippen LogP contribution in [0.5, 0.6) is 0 Å². The van der Waals surface area contributed by atoms with Crippen molar-refractivity contribution in [2.75, 3.05) is 33.3 Å². The Morgan fingerprint density at radius 2 is 2.08 bits per heavy atom. The predicted octanol–water partition coefficient (Wildman–Crippen LogP) is 2.34. The minimum Gasteiger partial charge on any atom is -0.463 e. The Labute approximate surface area is 142 Å². The van der Waals surface area contributed by atoms with Gasteiger partial charge in [-0.05, 0) is 30.7 Å². The van der Waals surface area contributed by atoms with Crippen LogP contribution in [0.15, 0.2) is 41.1 Å². The number of hydrogen-bond acceptors (Lipinski definition) is 6. The number of pyridine rings is 1. The summed E-state index contributed by atoms with van der Waals surface area (Å²) in [4.78, 5) is 20.4. The fourth-order valence-electron chi connectivity index (χ4n) is 3.04. The van der Waals surface area contributed by atoms with E-state index < -0.39 is 5.97 Å². The van der Waals surface area contributed by atoms with Crippen molar-refractivity contribution in [3.05, 3.63) is 53.7 Å². The minimum atomic E-state index is -0.434. The summed E-state index contributed by atoms with van der Waals surface area (Å²) in [5, 5.41) is 0. The maximum absolute atomic E-state index is 11.4. The van der Waals surface area contributed by atoms with Crippen LogP contribution in [0.2, 0.25) is 0 Å². The standard InChI is InChI=1S/C18H23N3O3/c1-14(15-4-3-7-19-12-15)21-10-8-20(9-11-21)13-16-5-6-17(24-16)18(22)23-2/h3-7,12,14H,8-11,13H2,1-2H3/t14-/m1/s1. The quantitative estimate of drug-likeness (QED) is 0.785. The van der Waals surface area contributed by atoms with E-state index in [0.717, 1.165) is 31.9 Å². The molecule has 6 nitrogen and oxygen atoms in total. The van der Waals surface area contributed by atoms with E-state index in [1.54, 1.807) is 12.3 Å². The smallest absolute Gasteiger partial charge is 0.373 e. The zero-order valence-electron chi connectivity index (χ0n) is 14.1. The second-order valence-corrected chi connectivity index (χ2v) is 6.03. The Morgan fingerprint density at radius 1 is 1.29 bits per heavy atom. The van der Waals surface area contributed by atoms with Gasteiger partial charge in [0.15, 0.2) is 0 Å². The molecule has 0 saturated carbocycles. The molecule has 1 aliphatic heterocycles. The molecule has 0 bridgehead atoms. The lowest BCUT2D eigenvalue weighted by atomic mass is 10.1. The van der Waals surface area contributed by atoms with Gasteiger partial charge in [0, 0.05) is 44.6 Å². The number of hydrogen-bond donors (Lipinski definition) is 0. The molecule has 0 radical (unpaired) electrons. The number of carbonyl (C=O) groups is 1. The Hall–Kier alpha value is -2.18. The van der Waals surface area contributed by atoms with Gasteiger partial charge < -0.3 is 9.15 Å². The van der Waals surface area contributed by atoms with Crippen molar-refractivity contribution in [3.63, 3.8) is 0 Å². The van der Waals surface area contributed by atoms with Crippen LogP contribution in [0.1, 0.15) is 34.8 Å². The lowest BCUT2D eigenvalue weighted by Gasteiger charge is -2.37. The van der Waals surface area contributed by atoms with Crippen molar-refractivity contribution in [1.82, 2.24) is 14.8 Å². The molecule has 1 fully saturated rings. The van der Waals surface area contributed by atoms with Crippen LogP contribution in [0, 0.1) is 0 Å². The average molecular weight is 329 g/mol. The fourth-order valence-corrected chi connectivity index (χ4v) is 3.04. The topological polar surface area (TPSA) is 58.8 Å². The van der Waals surface area contributed by atoms with Gasteiger partial charge in [-0.15, -0.1) is 0 Å². The number of aromatic nitrogens is 1. The van der Waals surface area contributed by atoms with Crippen molar-refractivity contribution >= 4 is 5.97 Å². The lowest BCUT2D eigenvalue weighted by Crippen LogP contribution is -2.46. The second-order valence-electron chi connectivity index (χ2n) is 6.03. The lowest BCUT2D eigenvalue weighted by molar-refractivity contribution is 0.0557. The van der Waals surface area contributed by atoms with E-state index in [4.69, 9.17) is 4.42 Å². The van der Waals surface area contributed by atoms with Gasteiger partial charge >= 0.3 is 5.97 Å². The van der Waals surface area contributed by atoms with E-state index in [1.807, 2.05) is 18.3 Å². The molecule has 0 aliphatic carbocycles. The number of rotatable bonds is 5. The first kappa shape index (κ1) is 16.7. The summed E-state index contributed by atoms with van der Waals surface area (Å²) in [7, 11) is 1.35. The zero-order chi connectivity index (χ0) is 16.9. The van der Waals surface area contributed by atoms with Gasteiger partial charge in [-0.2, -0.15) is 0 Å². The minimum absolute atomic E-state index is 0.260. The number of esters is 1. The fraction of sp³-hybridized carbons (Fsp3) is 0.444. The van der Waals surface area contributed by atoms with E-state index in [2.05, 4.69) is 32.5 Å². The van der Waals surface area contributed by atoms with E-state index >= 15 is 0 Å². The van der Waals surface area contributed by atoms with Crippen LogP contribution in [-0.2, 0) is 11.3 Å². The average Bonchev–Trinajstić information content (AvgIpc) is 3.10. The molecule has 0 N–H and O–H groups in total. The Bertz CT molecular complexity index is 663. The SMILES string of the molecule is COC(=O)c1ccc(CN2CCN([C@H](C)c3cccnc3)CC2)o1. The van der Waals surface area contributed by atoms with E-state index in [0.29, 0.717) is 12.6 Å². The molecule has 1 aliphatic rings. The van der Waals surface area contributed by atoms with Gasteiger partial charge in [-0.3, -0.25) is 14.8 Å². The number of furan rings is 1. The molecule has 0 unspecified atom stereocenters. The van der Waals surface area contributed by atoms with Crippen molar-refractivity contribution in [2.24, 2.45) is 0 Å². The van der Waals surface area contributed by atoms with Gasteiger partial charge in [0.1, 0.15) is 5.76 Å². The van der Waals surface area contributed by atoms with Crippen LogP contribution in [0.3, 0.4) is 0 Å². The molecule has 128 valence electrons. The highest BCUT2D eigenvalue weighted by Crippen LogP contribution is 2.21. The summed E-state index contributed by atoms with van der Waals surface area (Å²) in [6.07, 6.45) is 3.74. The maximum atomic E-state index is 11.4. The summed E-state index contributed by atoms with van der Waals surface area (Å²) in [6, 6.07) is 7.99. The van der Waals surface area contributed by atoms with Crippen LogP contribution < -0.4 is 0 Å². The molecule has 3 rings (SSSR count). The van der Waals surface area contributed by atoms with Crippen molar-refractivity contribution in [3.8, 4) is 0 Å². The van der Waals surface area contributed by atoms with Crippen LogP contribution in [0.25, 0.3) is 0 Å². The third kappa shape index (κ3) is 3.83. The first-order valence-corrected chi connectivity index (χ1v) is 8.20. The molecular weight excluding hydrogens is 306 g/mol. The summed E-state index contributed by atoms with van der Waals surface area (Å²) in [6.45, 7) is 6.88. The number of ether oxygens (including phenoxy) is 1. The number of methoxy groups -OCH3 is 1. The number of nitrogens with zero attached hydrogens (tertiary/aromatic N) is 3. The monoisotopic (exact) mass is 329 g/mol. The number of carbonyl (C=O) groups excluding carboxylic acids is 1. The second kappa shape index (κ2) is 7.59.